The third-order valence-corrected chi connectivity index (χ3v) is 8.61. The van der Waals surface area contributed by atoms with Gasteiger partial charge in [0.15, 0.2) is 17.5 Å². The molecule has 2 saturated heterocycles. The number of halogens is 3. The zero-order chi connectivity index (χ0) is 31.1. The van der Waals surface area contributed by atoms with Crippen LogP contribution in [0, 0.1) is 17.7 Å². The van der Waals surface area contributed by atoms with E-state index in [9.17, 15) is 23.5 Å². The number of aromatic nitrogens is 3. The maximum absolute atomic E-state index is 14.7. The smallest absolute Gasteiger partial charge is 0.291 e. The van der Waals surface area contributed by atoms with E-state index in [1.807, 2.05) is 11.8 Å². The number of pyridine rings is 1. The van der Waals surface area contributed by atoms with Crippen molar-refractivity contribution in [1.82, 2.24) is 29.7 Å². The van der Waals surface area contributed by atoms with Crippen molar-refractivity contribution in [2.75, 3.05) is 63.6 Å². The fourth-order valence-electron chi connectivity index (χ4n) is 5.69. The molecule has 0 radical (unpaired) electrons. The number of hydrogen-bond acceptors (Lipinski definition) is 8. The number of hydrogen-bond donors (Lipinski definition) is 3. The first-order valence-corrected chi connectivity index (χ1v) is 14.4. The van der Waals surface area contributed by atoms with Crippen LogP contribution in [0.4, 0.5) is 20.3 Å². The molecular weight excluding hydrogens is 582 g/mol. The monoisotopic (exact) mass is 616 g/mol. The summed E-state index contributed by atoms with van der Waals surface area (Å²) in [4.78, 5) is 39.2. The number of nitrogens with zero attached hydrogens (tertiary/aromatic N) is 6. The number of rotatable bonds is 7. The minimum absolute atomic E-state index is 0.0510. The van der Waals surface area contributed by atoms with Gasteiger partial charge in [0.05, 0.1) is 28.0 Å². The Hall–Kier alpha value is -3.65. The van der Waals surface area contributed by atoms with Crippen LogP contribution in [0.1, 0.15) is 34.3 Å². The van der Waals surface area contributed by atoms with Gasteiger partial charge in [-0.05, 0) is 44.2 Å². The predicted molar refractivity (Wildman–Crippen MR) is 159 cm³/mol. The molecule has 43 heavy (non-hydrogen) atoms. The lowest BCUT2D eigenvalue weighted by atomic mass is 9.94. The first-order valence-electron chi connectivity index (χ1n) is 14.0. The Morgan fingerprint density at radius 2 is 1.91 bits per heavy atom. The molecule has 0 saturated carbocycles. The van der Waals surface area contributed by atoms with Crippen LogP contribution in [0.2, 0.25) is 5.02 Å². The second-order valence-electron chi connectivity index (χ2n) is 11.3. The number of anilines is 2. The van der Waals surface area contributed by atoms with Gasteiger partial charge in [-0.2, -0.15) is 9.37 Å². The Morgan fingerprint density at radius 1 is 1.19 bits per heavy atom. The minimum atomic E-state index is -0.942. The van der Waals surface area contributed by atoms with Gasteiger partial charge in [-0.1, -0.05) is 11.6 Å². The van der Waals surface area contributed by atoms with Crippen LogP contribution in [0.25, 0.3) is 11.3 Å². The van der Waals surface area contributed by atoms with E-state index in [-0.39, 0.29) is 39.7 Å². The maximum atomic E-state index is 14.7. The molecule has 2 amide bonds. The molecule has 5 rings (SSSR count). The standard InChI is InChI=1S/C29H35ClF2N8O3/c1-29(43,17-7-8-33-15-17)40-11-9-39(10-12-40)28(42)19-6-5-18(13-21(19)30)35-27(41)26-34-16-23(38(26)4)20-14-22(31)25(37(2)3)36-24(20)32/h5-6,13-14,16-17,33,43H,7-12,15H2,1-4H3,(H,35,41). The molecule has 0 aliphatic carbocycles. The van der Waals surface area contributed by atoms with E-state index in [4.69, 9.17) is 11.6 Å². The summed E-state index contributed by atoms with van der Waals surface area (Å²) in [5.41, 5.74) is -0.285. The summed E-state index contributed by atoms with van der Waals surface area (Å²) in [6.07, 6.45) is 2.18. The van der Waals surface area contributed by atoms with E-state index in [0.717, 1.165) is 25.6 Å². The molecule has 0 spiro atoms. The topological polar surface area (TPSA) is 119 Å². The maximum Gasteiger partial charge on any atom is 0.291 e. The third kappa shape index (κ3) is 6.07. The molecule has 2 fully saturated rings. The average Bonchev–Trinajstić information content (AvgIpc) is 3.65. The van der Waals surface area contributed by atoms with Gasteiger partial charge >= 0.3 is 0 Å². The van der Waals surface area contributed by atoms with Gasteiger partial charge in [0.25, 0.3) is 11.8 Å². The first kappa shape index (κ1) is 30.8. The molecule has 2 unspecified atom stereocenters. The number of benzene rings is 1. The van der Waals surface area contributed by atoms with Crippen molar-refractivity contribution in [2.24, 2.45) is 13.0 Å². The molecule has 2 aromatic heterocycles. The molecule has 3 aromatic rings. The molecule has 11 nitrogen and oxygen atoms in total. The molecule has 2 atom stereocenters. The summed E-state index contributed by atoms with van der Waals surface area (Å²) in [5, 5.41) is 17.3. The summed E-state index contributed by atoms with van der Waals surface area (Å²) in [5.74, 6) is -2.51. The lowest BCUT2D eigenvalue weighted by Gasteiger charge is -2.45. The zero-order valence-corrected chi connectivity index (χ0v) is 25.3. The summed E-state index contributed by atoms with van der Waals surface area (Å²) < 4.78 is 30.5. The van der Waals surface area contributed by atoms with Crippen molar-refractivity contribution in [1.29, 1.82) is 0 Å². The lowest BCUT2D eigenvalue weighted by molar-refractivity contribution is -0.141. The quantitative estimate of drug-likeness (QED) is 0.347. The van der Waals surface area contributed by atoms with Crippen LogP contribution < -0.4 is 15.5 Å². The van der Waals surface area contributed by atoms with Gasteiger partial charge in [0, 0.05) is 65.5 Å². The van der Waals surface area contributed by atoms with Gasteiger partial charge < -0.3 is 30.1 Å². The van der Waals surface area contributed by atoms with Gasteiger partial charge in [-0.25, -0.2) is 9.37 Å². The molecule has 2 aliphatic rings. The Bertz CT molecular complexity index is 1530. The molecule has 4 heterocycles. The highest BCUT2D eigenvalue weighted by molar-refractivity contribution is 6.34. The van der Waals surface area contributed by atoms with Crippen molar-refractivity contribution in [3.63, 3.8) is 0 Å². The predicted octanol–water partition coefficient (Wildman–Crippen LogP) is 2.81. The van der Waals surface area contributed by atoms with Gasteiger partial charge in [0.2, 0.25) is 5.95 Å². The van der Waals surface area contributed by atoms with Crippen LogP contribution in [-0.4, -0.2) is 100 Å². The van der Waals surface area contributed by atoms with E-state index >= 15 is 0 Å². The largest absolute Gasteiger partial charge is 0.376 e. The van der Waals surface area contributed by atoms with Crippen LogP contribution in [-0.2, 0) is 7.05 Å². The van der Waals surface area contributed by atoms with Crippen LogP contribution >= 0.6 is 11.6 Å². The van der Waals surface area contributed by atoms with Crippen molar-refractivity contribution < 1.29 is 23.5 Å². The summed E-state index contributed by atoms with van der Waals surface area (Å²) >= 11 is 6.48. The minimum Gasteiger partial charge on any atom is -0.376 e. The highest BCUT2D eigenvalue weighted by Crippen LogP contribution is 2.30. The van der Waals surface area contributed by atoms with E-state index in [1.165, 1.54) is 28.8 Å². The molecule has 1 aromatic carbocycles. The summed E-state index contributed by atoms with van der Waals surface area (Å²) in [7, 11) is 4.61. The Balaban J connectivity index is 1.24. The van der Waals surface area contributed by atoms with E-state index < -0.39 is 23.4 Å². The van der Waals surface area contributed by atoms with Crippen LogP contribution in [0.5, 0.6) is 0 Å². The number of imidazole rings is 1. The second-order valence-corrected chi connectivity index (χ2v) is 11.7. The van der Waals surface area contributed by atoms with E-state index in [1.54, 1.807) is 31.1 Å². The number of nitrogens with one attached hydrogen (secondary N) is 2. The zero-order valence-electron chi connectivity index (χ0n) is 24.5. The first-order chi connectivity index (χ1) is 20.4. The Kier molecular flexibility index (Phi) is 8.70. The number of aliphatic hydroxyl groups is 1. The van der Waals surface area contributed by atoms with Crippen molar-refractivity contribution in [2.45, 2.75) is 19.1 Å². The van der Waals surface area contributed by atoms with Gasteiger partial charge in [-0.3, -0.25) is 14.5 Å². The highest BCUT2D eigenvalue weighted by Gasteiger charge is 2.41. The van der Waals surface area contributed by atoms with Crippen molar-refractivity contribution >= 4 is 34.9 Å². The number of carbonyl (C=O) groups is 2. The average molecular weight is 617 g/mol. The van der Waals surface area contributed by atoms with Crippen molar-refractivity contribution in [3.05, 3.63) is 58.6 Å². The molecular formula is C29H35ClF2N8O3. The SMILES string of the molecule is CN(C)c1nc(F)c(-c2cnc(C(=O)Nc3ccc(C(=O)N4CCN(C(C)(O)C5CCNC5)CC4)c(Cl)c3)n2C)cc1F. The second kappa shape index (κ2) is 12.2. The molecule has 230 valence electrons. The molecule has 14 heteroatoms. The van der Waals surface area contributed by atoms with Gasteiger partial charge in [0.1, 0.15) is 5.72 Å². The lowest BCUT2D eigenvalue weighted by Crippen LogP contribution is -2.60. The Labute approximate surface area is 253 Å². The Morgan fingerprint density at radius 3 is 2.53 bits per heavy atom. The highest BCUT2D eigenvalue weighted by atomic mass is 35.5. The van der Waals surface area contributed by atoms with Crippen molar-refractivity contribution in [3.8, 4) is 11.3 Å². The van der Waals surface area contributed by atoms with E-state index in [2.05, 4.69) is 20.6 Å². The van der Waals surface area contributed by atoms with Gasteiger partial charge in [-0.15, -0.1) is 0 Å². The van der Waals surface area contributed by atoms with Crippen LogP contribution in [0.3, 0.4) is 0 Å². The molecule has 3 N–H and O–H groups in total. The summed E-state index contributed by atoms with van der Waals surface area (Å²) in [6, 6.07) is 5.60. The number of piperazine rings is 1. The normalized spacial score (nSPS) is 18.9. The number of amides is 2. The fourth-order valence-corrected chi connectivity index (χ4v) is 5.95. The third-order valence-electron chi connectivity index (χ3n) is 8.30. The molecule has 2 aliphatic heterocycles. The fraction of sp³-hybridized carbons (Fsp3) is 0.448. The summed E-state index contributed by atoms with van der Waals surface area (Å²) in [6.45, 7) is 5.48. The molecule has 0 bridgehead atoms. The van der Waals surface area contributed by atoms with Crippen LogP contribution in [0.15, 0.2) is 30.5 Å². The number of carbonyl (C=O) groups excluding carboxylic acids is 2. The van der Waals surface area contributed by atoms with E-state index in [0.29, 0.717) is 37.4 Å².